The van der Waals surface area contributed by atoms with Crippen molar-refractivity contribution in [2.24, 2.45) is 17.1 Å². The third-order valence-electron chi connectivity index (χ3n) is 7.62. The number of hydrogen-bond acceptors (Lipinski definition) is 11. The van der Waals surface area contributed by atoms with Gasteiger partial charge in [-0.1, -0.05) is 45.0 Å². The van der Waals surface area contributed by atoms with Gasteiger partial charge >= 0.3 is 6.03 Å². The summed E-state index contributed by atoms with van der Waals surface area (Å²) in [5.74, 6) is -1.77. The number of hydrogen-bond donors (Lipinski definition) is 6. The molecule has 0 aliphatic rings. The van der Waals surface area contributed by atoms with Crippen molar-refractivity contribution in [2.75, 3.05) is 18.1 Å². The fraction of sp³-hybridized carbons (Fsp3) is 0.484. The van der Waals surface area contributed by atoms with E-state index in [1.54, 1.807) is 58.2 Å². The summed E-state index contributed by atoms with van der Waals surface area (Å²) in [6.45, 7) is 7.35. The van der Waals surface area contributed by atoms with Gasteiger partial charge in [0.05, 0.1) is 12.8 Å². The second kappa shape index (κ2) is 16.9. The average molecular weight is 701 g/mol. The van der Waals surface area contributed by atoms with Gasteiger partial charge in [-0.05, 0) is 42.9 Å². The zero-order valence-corrected chi connectivity index (χ0v) is 29.0. The normalized spacial score (nSPS) is 13.0. The van der Waals surface area contributed by atoms with Gasteiger partial charge in [0.15, 0.2) is 0 Å². The van der Waals surface area contributed by atoms with Crippen molar-refractivity contribution in [2.45, 2.75) is 77.3 Å². The molecule has 0 saturated heterocycles. The number of nitrogens with two attached hydrogens (primary N) is 1. The van der Waals surface area contributed by atoms with Crippen LogP contribution in [-0.2, 0) is 37.4 Å². The van der Waals surface area contributed by atoms with Crippen molar-refractivity contribution in [3.8, 4) is 11.3 Å². The first-order valence-corrected chi connectivity index (χ1v) is 17.5. The predicted molar refractivity (Wildman–Crippen MR) is 179 cm³/mol. The van der Waals surface area contributed by atoms with Crippen LogP contribution in [0.3, 0.4) is 0 Å². The van der Waals surface area contributed by atoms with Gasteiger partial charge in [0, 0.05) is 48.4 Å². The number of nitrogens with one attached hydrogen (secondary N) is 4. The van der Waals surface area contributed by atoms with Crippen molar-refractivity contribution >= 4 is 39.3 Å². The summed E-state index contributed by atoms with van der Waals surface area (Å²) in [4.78, 5) is 59.1. The summed E-state index contributed by atoms with van der Waals surface area (Å²) in [7, 11) is -3.55. The van der Waals surface area contributed by atoms with E-state index in [2.05, 4.69) is 41.5 Å². The third kappa shape index (κ3) is 11.6. The maximum absolute atomic E-state index is 13.5. The number of aryl methyl sites for hydroxylation is 1. The van der Waals surface area contributed by atoms with Crippen molar-refractivity contribution in [3.63, 3.8) is 0 Å². The Hall–Kier alpha value is -4.97. The Morgan fingerprint density at radius 1 is 1.02 bits per heavy atom. The van der Waals surface area contributed by atoms with Gasteiger partial charge in [-0.25, -0.2) is 23.2 Å². The number of sulfone groups is 1. The summed E-state index contributed by atoms with van der Waals surface area (Å²) in [5, 5.41) is 28.0. The number of aliphatic hydroxyl groups excluding tert-OH is 1. The highest BCUT2D eigenvalue weighted by atomic mass is 32.2. The Balaban J connectivity index is 1.65. The molecule has 2 aromatic heterocycles. The lowest BCUT2D eigenvalue weighted by Crippen LogP contribution is -2.56. The highest BCUT2D eigenvalue weighted by Gasteiger charge is 2.34. The van der Waals surface area contributed by atoms with Gasteiger partial charge in [-0.2, -0.15) is 0 Å². The van der Waals surface area contributed by atoms with E-state index in [9.17, 15) is 32.7 Å². The van der Waals surface area contributed by atoms with E-state index in [4.69, 9.17) is 5.73 Å². The molecule has 2 heterocycles. The lowest BCUT2D eigenvalue weighted by Gasteiger charge is -2.30. The minimum absolute atomic E-state index is 0.151. The minimum atomic E-state index is -3.55. The van der Waals surface area contributed by atoms with E-state index in [0.29, 0.717) is 41.9 Å². The molecular weight excluding hydrogens is 656 g/mol. The Labute approximate surface area is 284 Å². The number of carbonyl (C=O) groups is 4. The van der Waals surface area contributed by atoms with Crippen LogP contribution in [0.25, 0.3) is 11.3 Å². The molecule has 266 valence electrons. The third-order valence-corrected chi connectivity index (χ3v) is 8.49. The molecule has 3 aromatic rings. The van der Waals surface area contributed by atoms with Crippen LogP contribution in [0.1, 0.15) is 52.5 Å². The number of rotatable bonds is 17. The van der Waals surface area contributed by atoms with E-state index in [1.165, 1.54) is 17.1 Å². The van der Waals surface area contributed by atoms with Crippen molar-refractivity contribution < 1.29 is 32.7 Å². The molecule has 7 N–H and O–H groups in total. The number of nitrogens with zero attached hydrogens (tertiary/aromatic N) is 5. The molecule has 0 bridgehead atoms. The summed E-state index contributed by atoms with van der Waals surface area (Å²) in [6.07, 6.45) is 6.15. The zero-order valence-electron chi connectivity index (χ0n) is 28.1. The first kappa shape index (κ1) is 38.5. The number of primary amides is 1. The summed E-state index contributed by atoms with van der Waals surface area (Å²) < 4.78 is 24.8. The molecular formula is C31H44N10O7S. The smallest absolute Gasteiger partial charge is 0.312 e. The van der Waals surface area contributed by atoms with Crippen molar-refractivity contribution in [1.29, 1.82) is 0 Å². The summed E-state index contributed by atoms with van der Waals surface area (Å²) >= 11 is 0. The molecule has 49 heavy (non-hydrogen) atoms. The Bertz CT molecular complexity index is 1710. The van der Waals surface area contributed by atoms with Crippen LogP contribution in [0.5, 0.6) is 0 Å². The van der Waals surface area contributed by atoms with E-state index in [-0.39, 0.29) is 36.6 Å². The van der Waals surface area contributed by atoms with Gasteiger partial charge in [0.1, 0.15) is 17.8 Å². The fourth-order valence-corrected chi connectivity index (χ4v) is 5.02. The maximum atomic E-state index is 13.5. The topological polar surface area (TPSA) is 253 Å². The Kier molecular flexibility index (Phi) is 13.3. The molecule has 1 aromatic carbocycles. The average Bonchev–Trinajstić information content (AvgIpc) is 3.53. The molecule has 0 fully saturated rings. The van der Waals surface area contributed by atoms with Gasteiger partial charge in [0.2, 0.25) is 32.7 Å². The zero-order chi connectivity index (χ0) is 36.4. The number of anilines is 1. The molecule has 18 heteroatoms. The van der Waals surface area contributed by atoms with Crippen LogP contribution in [0.2, 0.25) is 0 Å². The second-order valence-corrected chi connectivity index (χ2v) is 14.5. The molecule has 2 atom stereocenters. The van der Waals surface area contributed by atoms with Gasteiger partial charge < -0.3 is 32.1 Å². The van der Waals surface area contributed by atoms with Gasteiger partial charge in [0.25, 0.3) is 0 Å². The predicted octanol–water partition coefficient (Wildman–Crippen LogP) is 0.760. The van der Waals surface area contributed by atoms with Gasteiger partial charge in [-0.3, -0.25) is 19.1 Å². The lowest BCUT2D eigenvalue weighted by atomic mass is 9.87. The van der Waals surface area contributed by atoms with E-state index in [1.807, 2.05) is 0 Å². The Morgan fingerprint density at radius 2 is 1.67 bits per heavy atom. The quantitative estimate of drug-likeness (QED) is 0.0847. The second-order valence-electron chi connectivity index (χ2n) is 12.6. The van der Waals surface area contributed by atoms with E-state index in [0.717, 1.165) is 6.26 Å². The van der Waals surface area contributed by atoms with Crippen molar-refractivity contribution in [3.05, 3.63) is 48.4 Å². The van der Waals surface area contributed by atoms with Crippen LogP contribution in [0.15, 0.2) is 48.0 Å². The Morgan fingerprint density at radius 3 is 2.24 bits per heavy atom. The van der Waals surface area contributed by atoms with Crippen LogP contribution in [0.4, 0.5) is 10.5 Å². The largest absolute Gasteiger partial charge is 0.392 e. The summed E-state index contributed by atoms with van der Waals surface area (Å²) in [6, 6.07) is 3.89. The standard InChI is InChI=1S/C31H44N10O7S/c1-19(2)25(27(44)37-23(7-6-13-33-29(32)46)26(43)36-22-10-8-20(18-42)9-11-22)38-28(45)31(3,4)12-14-41-17-24(39-40-41)21-15-34-30(35-16-21)49(5,47)48/h8-11,15-17,19,23,25,42H,6-7,12-14,18H2,1-5H3,(H,36,43)(H,37,44)(H,38,45)(H3,32,33,46)/t23-,25-/m0/s1. The molecule has 0 radical (unpaired) electrons. The number of aliphatic hydroxyl groups is 1. The fourth-order valence-electron chi connectivity index (χ4n) is 4.53. The molecule has 0 aliphatic carbocycles. The molecule has 0 saturated carbocycles. The molecule has 0 unspecified atom stereocenters. The number of urea groups is 1. The van der Waals surface area contributed by atoms with Gasteiger partial charge in [-0.15, -0.1) is 5.10 Å². The molecule has 5 amide bonds. The first-order valence-electron chi connectivity index (χ1n) is 15.6. The van der Waals surface area contributed by atoms with E-state index >= 15 is 0 Å². The van der Waals surface area contributed by atoms with Crippen LogP contribution in [0, 0.1) is 11.3 Å². The number of aromatic nitrogens is 5. The summed E-state index contributed by atoms with van der Waals surface area (Å²) in [5.41, 5.74) is 6.21. The molecule has 17 nitrogen and oxygen atoms in total. The highest BCUT2D eigenvalue weighted by molar-refractivity contribution is 7.90. The van der Waals surface area contributed by atoms with Crippen molar-refractivity contribution in [1.82, 2.24) is 40.9 Å². The first-order chi connectivity index (χ1) is 23.0. The molecule has 3 rings (SSSR count). The van der Waals surface area contributed by atoms with Crippen LogP contribution >= 0.6 is 0 Å². The number of benzene rings is 1. The SMILES string of the molecule is CC(C)[C@H](NC(=O)C(C)(C)CCn1cc(-c2cnc(S(C)(=O)=O)nc2)nn1)C(=O)N[C@@H](CCCNC(N)=O)C(=O)Nc1ccc(CO)cc1. The molecule has 0 spiro atoms. The lowest BCUT2D eigenvalue weighted by molar-refractivity contribution is -0.136. The maximum Gasteiger partial charge on any atom is 0.312 e. The number of carbonyl (C=O) groups excluding carboxylic acids is 4. The minimum Gasteiger partial charge on any atom is -0.392 e. The van der Waals surface area contributed by atoms with Crippen LogP contribution < -0.4 is 27.0 Å². The van der Waals surface area contributed by atoms with E-state index < -0.39 is 45.2 Å². The molecule has 0 aliphatic heterocycles. The monoisotopic (exact) mass is 700 g/mol. The highest BCUT2D eigenvalue weighted by Crippen LogP contribution is 2.23. The number of amides is 5. The van der Waals surface area contributed by atoms with Crippen LogP contribution in [-0.4, -0.2) is 87.1 Å².